The molecule has 23 heavy (non-hydrogen) atoms. The van der Waals surface area contributed by atoms with Gasteiger partial charge in [0.1, 0.15) is 11.3 Å². The van der Waals surface area contributed by atoms with Crippen molar-refractivity contribution in [3.05, 3.63) is 24.2 Å². The van der Waals surface area contributed by atoms with Crippen molar-refractivity contribution in [2.75, 3.05) is 19.6 Å². The fourth-order valence-corrected chi connectivity index (χ4v) is 4.25. The Morgan fingerprint density at radius 3 is 2.96 bits per heavy atom. The summed E-state index contributed by atoms with van der Waals surface area (Å²) in [5, 5.41) is 3.50. The highest BCUT2D eigenvalue weighted by atomic mass is 15.3. The van der Waals surface area contributed by atoms with Crippen molar-refractivity contribution in [1.29, 1.82) is 0 Å². The SMILES string of the molecule is CC(C)N1CCCCC1c1nc2cccnc2n1C1CCNC1. The van der Waals surface area contributed by atoms with Crippen LogP contribution in [0.3, 0.4) is 0 Å². The van der Waals surface area contributed by atoms with E-state index in [-0.39, 0.29) is 0 Å². The summed E-state index contributed by atoms with van der Waals surface area (Å²) in [6.07, 6.45) is 6.88. The van der Waals surface area contributed by atoms with E-state index in [0.717, 1.165) is 24.3 Å². The standard InChI is InChI=1S/C18H27N5/c1-13(2)22-11-4-3-7-16(22)18-21-15-6-5-9-20-17(15)23(18)14-8-10-19-12-14/h5-6,9,13-14,16,19H,3-4,7-8,10-12H2,1-2H3. The van der Waals surface area contributed by atoms with Gasteiger partial charge in [-0.3, -0.25) is 4.90 Å². The van der Waals surface area contributed by atoms with Gasteiger partial charge in [-0.05, 0) is 58.3 Å². The molecule has 5 heteroatoms. The number of imidazole rings is 1. The summed E-state index contributed by atoms with van der Waals surface area (Å²) in [7, 11) is 0. The minimum Gasteiger partial charge on any atom is -0.315 e. The molecule has 0 spiro atoms. The molecule has 0 aromatic carbocycles. The van der Waals surface area contributed by atoms with E-state index in [1.54, 1.807) is 0 Å². The van der Waals surface area contributed by atoms with Gasteiger partial charge >= 0.3 is 0 Å². The summed E-state index contributed by atoms with van der Waals surface area (Å²) in [4.78, 5) is 12.3. The second kappa shape index (κ2) is 6.21. The van der Waals surface area contributed by atoms with Gasteiger partial charge in [-0.25, -0.2) is 9.97 Å². The maximum Gasteiger partial charge on any atom is 0.160 e. The molecular weight excluding hydrogens is 286 g/mol. The first kappa shape index (κ1) is 15.1. The molecule has 2 aliphatic heterocycles. The molecule has 4 heterocycles. The molecule has 0 bridgehead atoms. The van der Waals surface area contributed by atoms with Crippen LogP contribution >= 0.6 is 0 Å². The number of rotatable bonds is 3. The van der Waals surface area contributed by atoms with Crippen molar-refractivity contribution >= 4 is 11.2 Å². The summed E-state index contributed by atoms with van der Waals surface area (Å²) in [5.41, 5.74) is 2.11. The molecule has 5 nitrogen and oxygen atoms in total. The van der Waals surface area contributed by atoms with E-state index in [2.05, 4.69) is 39.7 Å². The van der Waals surface area contributed by atoms with Crippen LogP contribution in [-0.4, -0.2) is 45.1 Å². The van der Waals surface area contributed by atoms with Crippen LogP contribution in [0.1, 0.15) is 57.4 Å². The summed E-state index contributed by atoms with van der Waals surface area (Å²) in [6, 6.07) is 5.58. The molecule has 1 N–H and O–H groups in total. The zero-order valence-corrected chi connectivity index (χ0v) is 14.2. The number of hydrogen-bond acceptors (Lipinski definition) is 4. The second-order valence-electron chi connectivity index (χ2n) is 7.18. The lowest BCUT2D eigenvalue weighted by molar-refractivity contribution is 0.103. The second-order valence-corrected chi connectivity index (χ2v) is 7.18. The molecule has 2 saturated heterocycles. The third-order valence-corrected chi connectivity index (χ3v) is 5.38. The summed E-state index contributed by atoms with van der Waals surface area (Å²) >= 11 is 0. The smallest absolute Gasteiger partial charge is 0.160 e. The van der Waals surface area contributed by atoms with E-state index in [4.69, 9.17) is 4.98 Å². The van der Waals surface area contributed by atoms with Crippen LogP contribution in [0.2, 0.25) is 0 Å². The molecule has 4 rings (SSSR count). The molecule has 2 atom stereocenters. The normalized spacial score (nSPS) is 26.4. The van der Waals surface area contributed by atoms with E-state index in [1.165, 1.54) is 38.1 Å². The molecular formula is C18H27N5. The Hall–Kier alpha value is -1.46. The van der Waals surface area contributed by atoms with E-state index >= 15 is 0 Å². The van der Waals surface area contributed by atoms with Crippen molar-refractivity contribution in [2.24, 2.45) is 0 Å². The molecule has 124 valence electrons. The Labute approximate surface area is 138 Å². The van der Waals surface area contributed by atoms with Crippen LogP contribution in [0.15, 0.2) is 18.3 Å². The van der Waals surface area contributed by atoms with E-state index < -0.39 is 0 Å². The topological polar surface area (TPSA) is 46.0 Å². The number of fused-ring (bicyclic) bond motifs is 1. The minimum absolute atomic E-state index is 0.429. The average Bonchev–Trinajstić information content (AvgIpc) is 3.21. The molecule has 2 aromatic rings. The van der Waals surface area contributed by atoms with Crippen molar-refractivity contribution in [3.63, 3.8) is 0 Å². The van der Waals surface area contributed by atoms with Crippen LogP contribution in [-0.2, 0) is 0 Å². The number of hydrogen-bond donors (Lipinski definition) is 1. The Bertz CT molecular complexity index is 671. The van der Waals surface area contributed by atoms with Crippen LogP contribution in [0.5, 0.6) is 0 Å². The van der Waals surface area contributed by atoms with Crippen molar-refractivity contribution in [2.45, 2.75) is 57.7 Å². The number of aromatic nitrogens is 3. The van der Waals surface area contributed by atoms with Crippen molar-refractivity contribution in [3.8, 4) is 0 Å². The van der Waals surface area contributed by atoms with Crippen LogP contribution < -0.4 is 5.32 Å². The zero-order chi connectivity index (χ0) is 15.8. The summed E-state index contributed by atoms with van der Waals surface area (Å²) < 4.78 is 2.45. The van der Waals surface area contributed by atoms with Crippen molar-refractivity contribution in [1.82, 2.24) is 24.8 Å². The number of nitrogens with one attached hydrogen (secondary N) is 1. The Balaban J connectivity index is 1.83. The van der Waals surface area contributed by atoms with Crippen LogP contribution in [0.25, 0.3) is 11.2 Å². The third kappa shape index (κ3) is 2.66. The van der Waals surface area contributed by atoms with Gasteiger partial charge in [0.15, 0.2) is 5.65 Å². The van der Waals surface area contributed by atoms with Gasteiger partial charge in [0.05, 0.1) is 12.1 Å². The molecule has 2 aromatic heterocycles. The van der Waals surface area contributed by atoms with Gasteiger partial charge in [-0.2, -0.15) is 0 Å². The summed E-state index contributed by atoms with van der Waals surface area (Å²) in [5.74, 6) is 1.24. The summed E-state index contributed by atoms with van der Waals surface area (Å²) in [6.45, 7) is 7.92. The van der Waals surface area contributed by atoms with Gasteiger partial charge in [0.2, 0.25) is 0 Å². The van der Waals surface area contributed by atoms with E-state index in [0.29, 0.717) is 18.1 Å². The number of likely N-dealkylation sites (tertiary alicyclic amines) is 1. The van der Waals surface area contributed by atoms with Gasteiger partial charge in [-0.1, -0.05) is 6.42 Å². The molecule has 0 saturated carbocycles. The largest absolute Gasteiger partial charge is 0.315 e. The fraction of sp³-hybridized carbons (Fsp3) is 0.667. The Kier molecular flexibility index (Phi) is 4.07. The third-order valence-electron chi connectivity index (χ3n) is 5.38. The molecule has 2 aliphatic rings. The number of piperidine rings is 1. The van der Waals surface area contributed by atoms with Gasteiger partial charge in [-0.15, -0.1) is 0 Å². The lowest BCUT2D eigenvalue weighted by atomic mass is 9.99. The molecule has 0 radical (unpaired) electrons. The average molecular weight is 313 g/mol. The highest BCUT2D eigenvalue weighted by Gasteiger charge is 2.33. The maximum atomic E-state index is 5.04. The van der Waals surface area contributed by atoms with Gasteiger partial charge in [0, 0.05) is 18.8 Å². The van der Waals surface area contributed by atoms with Crippen LogP contribution in [0.4, 0.5) is 0 Å². The first-order valence-corrected chi connectivity index (χ1v) is 9.05. The predicted molar refractivity (Wildman–Crippen MR) is 92.5 cm³/mol. The fourth-order valence-electron chi connectivity index (χ4n) is 4.25. The zero-order valence-electron chi connectivity index (χ0n) is 14.2. The molecule has 0 aliphatic carbocycles. The first-order valence-electron chi connectivity index (χ1n) is 9.05. The minimum atomic E-state index is 0.429. The predicted octanol–water partition coefficient (Wildman–Crippen LogP) is 2.90. The van der Waals surface area contributed by atoms with Crippen molar-refractivity contribution < 1.29 is 0 Å². The van der Waals surface area contributed by atoms with Gasteiger partial charge < -0.3 is 9.88 Å². The maximum absolute atomic E-state index is 5.04. The highest BCUT2D eigenvalue weighted by Crippen LogP contribution is 2.35. The van der Waals surface area contributed by atoms with Gasteiger partial charge in [0.25, 0.3) is 0 Å². The highest BCUT2D eigenvalue weighted by molar-refractivity contribution is 5.71. The van der Waals surface area contributed by atoms with Crippen LogP contribution in [0, 0.1) is 0 Å². The lowest BCUT2D eigenvalue weighted by Crippen LogP contribution is -2.40. The molecule has 2 unspecified atom stereocenters. The number of nitrogens with zero attached hydrogens (tertiary/aromatic N) is 4. The lowest BCUT2D eigenvalue weighted by Gasteiger charge is -2.38. The van der Waals surface area contributed by atoms with E-state index in [1.807, 2.05) is 12.3 Å². The molecule has 2 fully saturated rings. The monoisotopic (exact) mass is 313 g/mol. The quantitative estimate of drug-likeness (QED) is 0.946. The number of pyridine rings is 1. The Morgan fingerprint density at radius 1 is 1.26 bits per heavy atom. The molecule has 0 amide bonds. The Morgan fingerprint density at radius 2 is 2.17 bits per heavy atom. The first-order chi connectivity index (χ1) is 11.3. The van der Waals surface area contributed by atoms with E-state index in [9.17, 15) is 0 Å².